The van der Waals surface area contributed by atoms with Gasteiger partial charge in [0.15, 0.2) is 6.61 Å². The maximum atomic E-state index is 13.0. The van der Waals surface area contributed by atoms with Crippen LogP contribution in [-0.2, 0) is 21.0 Å². The van der Waals surface area contributed by atoms with E-state index in [-0.39, 0.29) is 10.6 Å². The van der Waals surface area contributed by atoms with Crippen LogP contribution in [0.2, 0.25) is 0 Å². The Labute approximate surface area is 183 Å². The maximum absolute atomic E-state index is 13.0. The number of amidine groups is 1. The number of hydrogen-bond acceptors (Lipinski definition) is 5. The lowest BCUT2D eigenvalue weighted by molar-refractivity contribution is -0.139. The number of alkyl halides is 3. The van der Waals surface area contributed by atoms with Crippen molar-refractivity contribution in [3.63, 3.8) is 0 Å². The number of halogens is 3. The first kappa shape index (κ1) is 23.6. The second-order valence-electron chi connectivity index (χ2n) is 7.10. The summed E-state index contributed by atoms with van der Waals surface area (Å²) in [7, 11) is -3.90. The highest BCUT2D eigenvalue weighted by atomic mass is 32.2. The van der Waals surface area contributed by atoms with Crippen LogP contribution in [0, 0.1) is 0 Å². The summed E-state index contributed by atoms with van der Waals surface area (Å²) in [5.41, 5.74) is -0.832. The molecule has 0 fully saturated rings. The minimum absolute atomic E-state index is 0.0782. The molecule has 3 rings (SSSR count). The molecule has 0 aliphatic carbocycles. The third-order valence-electron chi connectivity index (χ3n) is 4.61. The number of carbonyl (C=O) groups is 1. The van der Waals surface area contributed by atoms with Crippen molar-refractivity contribution < 1.29 is 31.1 Å². The van der Waals surface area contributed by atoms with E-state index in [2.05, 4.69) is 15.0 Å². The van der Waals surface area contributed by atoms with Gasteiger partial charge in [0.1, 0.15) is 11.6 Å². The Morgan fingerprint density at radius 1 is 1.06 bits per heavy atom. The van der Waals surface area contributed by atoms with Crippen LogP contribution in [0.4, 0.5) is 18.9 Å². The first-order valence-electron chi connectivity index (χ1n) is 9.90. The minimum Gasteiger partial charge on any atom is -0.483 e. The number of anilines is 1. The fourth-order valence-corrected chi connectivity index (χ4v) is 4.21. The van der Waals surface area contributed by atoms with Crippen molar-refractivity contribution in [2.24, 2.45) is 4.99 Å². The summed E-state index contributed by atoms with van der Waals surface area (Å²) >= 11 is 0. The lowest BCUT2D eigenvalue weighted by Gasteiger charge is -2.14. The summed E-state index contributed by atoms with van der Waals surface area (Å²) in [6, 6.07) is 10.1. The molecule has 0 aromatic heterocycles. The van der Waals surface area contributed by atoms with Gasteiger partial charge in [-0.3, -0.25) is 14.5 Å². The summed E-state index contributed by atoms with van der Waals surface area (Å²) in [6.45, 7) is -0.120. The van der Waals surface area contributed by atoms with Gasteiger partial charge in [-0.25, -0.2) is 8.42 Å². The van der Waals surface area contributed by atoms with E-state index in [1.807, 2.05) is 0 Å². The Morgan fingerprint density at radius 2 is 1.84 bits per heavy atom. The number of nitrogens with one attached hydrogen (secondary N) is 2. The molecular formula is C21H22F3N3O4S. The van der Waals surface area contributed by atoms with Crippen LogP contribution in [-0.4, -0.2) is 33.3 Å². The highest BCUT2D eigenvalue weighted by Crippen LogP contribution is 2.35. The number of hydrogen-bond donors (Lipinski definition) is 2. The Bertz CT molecular complexity index is 1100. The van der Waals surface area contributed by atoms with E-state index in [0.717, 1.165) is 31.4 Å². The van der Waals surface area contributed by atoms with Crippen molar-refractivity contribution >= 4 is 27.5 Å². The van der Waals surface area contributed by atoms with E-state index in [1.54, 1.807) is 0 Å². The van der Waals surface area contributed by atoms with E-state index < -0.39 is 40.0 Å². The monoisotopic (exact) mass is 469 g/mol. The zero-order valence-corrected chi connectivity index (χ0v) is 17.8. The normalized spacial score (nSPS) is 14.8. The van der Waals surface area contributed by atoms with Crippen LogP contribution < -0.4 is 14.8 Å². The van der Waals surface area contributed by atoms with E-state index >= 15 is 0 Å². The number of sulfonamides is 1. The van der Waals surface area contributed by atoms with Gasteiger partial charge in [-0.1, -0.05) is 24.6 Å². The average molecular weight is 469 g/mol. The van der Waals surface area contributed by atoms with Gasteiger partial charge >= 0.3 is 6.18 Å². The fraction of sp³-hybridized carbons (Fsp3) is 0.333. The third-order valence-corrected chi connectivity index (χ3v) is 5.98. The molecule has 0 saturated heterocycles. The van der Waals surface area contributed by atoms with Crippen molar-refractivity contribution in [2.45, 2.75) is 36.8 Å². The molecule has 0 unspecified atom stereocenters. The maximum Gasteiger partial charge on any atom is 0.419 e. The molecule has 1 heterocycles. The van der Waals surface area contributed by atoms with Gasteiger partial charge < -0.3 is 10.1 Å². The summed E-state index contributed by atoms with van der Waals surface area (Å²) in [5, 5.41) is 2.43. The Kier molecular flexibility index (Phi) is 7.39. The number of para-hydroxylation sites is 1. The Balaban J connectivity index is 1.64. The molecule has 0 bridgehead atoms. The van der Waals surface area contributed by atoms with Crippen molar-refractivity contribution in [2.75, 3.05) is 18.5 Å². The molecule has 0 saturated carbocycles. The number of carbonyl (C=O) groups excluding carboxylic acids is 1. The Morgan fingerprint density at radius 3 is 2.62 bits per heavy atom. The van der Waals surface area contributed by atoms with Crippen molar-refractivity contribution in [3.8, 4) is 5.75 Å². The first-order chi connectivity index (χ1) is 15.1. The molecule has 32 heavy (non-hydrogen) atoms. The number of amides is 1. The topological polar surface area (TPSA) is 96.9 Å². The van der Waals surface area contributed by atoms with Crippen LogP contribution in [0.25, 0.3) is 0 Å². The number of rotatable bonds is 6. The second-order valence-corrected chi connectivity index (χ2v) is 8.79. The predicted molar refractivity (Wildman–Crippen MR) is 113 cm³/mol. The summed E-state index contributed by atoms with van der Waals surface area (Å²) < 4.78 is 71.9. The lowest BCUT2D eigenvalue weighted by atomic mass is 10.2. The second kappa shape index (κ2) is 10.0. The fourth-order valence-electron chi connectivity index (χ4n) is 3.08. The lowest BCUT2D eigenvalue weighted by Crippen LogP contribution is -2.30. The van der Waals surface area contributed by atoms with Crippen LogP contribution in [0.15, 0.2) is 58.4 Å². The van der Waals surface area contributed by atoms with E-state index in [4.69, 9.17) is 4.74 Å². The van der Waals surface area contributed by atoms with Crippen LogP contribution in [0.1, 0.15) is 31.2 Å². The zero-order valence-electron chi connectivity index (χ0n) is 17.0. The first-order valence-corrected chi connectivity index (χ1v) is 11.4. The van der Waals surface area contributed by atoms with Gasteiger partial charge in [-0.15, -0.1) is 0 Å². The van der Waals surface area contributed by atoms with E-state index in [0.29, 0.717) is 18.8 Å². The number of nitrogens with zero attached hydrogens (tertiary/aromatic N) is 1. The molecular weight excluding hydrogens is 447 g/mol. The molecule has 2 aromatic carbocycles. The number of benzene rings is 2. The van der Waals surface area contributed by atoms with Crippen molar-refractivity contribution in [3.05, 3.63) is 54.1 Å². The molecule has 172 valence electrons. The number of aliphatic imine (C=N–C) groups is 1. The minimum atomic E-state index is -4.62. The molecule has 0 spiro atoms. The quantitative estimate of drug-likeness (QED) is 0.669. The molecule has 11 heteroatoms. The van der Waals surface area contributed by atoms with Crippen molar-refractivity contribution in [1.29, 1.82) is 0 Å². The summed E-state index contributed by atoms with van der Waals surface area (Å²) in [4.78, 5) is 16.3. The van der Waals surface area contributed by atoms with Gasteiger partial charge in [0, 0.05) is 18.7 Å². The standard InChI is InChI=1S/C21H22F3N3O4S/c22-21(23,24)17-9-3-4-10-18(17)31-14-20(28)26-15-7-6-8-16(13-15)32(29,30)27-19-11-2-1-5-12-25-19/h3-4,6-10,13H,1-2,5,11-12,14H2,(H,25,27)(H,26,28). The highest BCUT2D eigenvalue weighted by molar-refractivity contribution is 7.90. The summed E-state index contributed by atoms with van der Waals surface area (Å²) in [6.07, 6.45) is -1.36. The largest absolute Gasteiger partial charge is 0.483 e. The van der Waals surface area contributed by atoms with Gasteiger partial charge in [0.25, 0.3) is 15.9 Å². The molecule has 0 radical (unpaired) electrons. The molecule has 1 aliphatic rings. The molecule has 1 amide bonds. The van der Waals surface area contributed by atoms with Gasteiger partial charge in [0.2, 0.25) is 0 Å². The SMILES string of the molecule is O=C(COc1ccccc1C(F)(F)F)Nc1cccc(S(=O)(=O)NC2=NCCCCC2)c1. The highest BCUT2D eigenvalue weighted by Gasteiger charge is 2.34. The third kappa shape index (κ3) is 6.46. The van der Waals surface area contributed by atoms with Gasteiger partial charge in [-0.2, -0.15) is 13.2 Å². The average Bonchev–Trinajstić information content (AvgIpc) is 3.00. The molecule has 2 aromatic rings. The van der Waals surface area contributed by atoms with Crippen LogP contribution >= 0.6 is 0 Å². The smallest absolute Gasteiger partial charge is 0.419 e. The predicted octanol–water partition coefficient (Wildman–Crippen LogP) is 3.97. The van der Waals surface area contributed by atoms with Crippen LogP contribution in [0.3, 0.4) is 0 Å². The van der Waals surface area contributed by atoms with E-state index in [9.17, 15) is 26.4 Å². The Hall–Kier alpha value is -3.08. The molecule has 2 N–H and O–H groups in total. The molecule has 0 atom stereocenters. The molecule has 1 aliphatic heterocycles. The number of ether oxygens (including phenoxy) is 1. The zero-order chi connectivity index (χ0) is 23.2. The van der Waals surface area contributed by atoms with Gasteiger partial charge in [0.05, 0.1) is 10.5 Å². The van der Waals surface area contributed by atoms with Crippen LogP contribution in [0.5, 0.6) is 5.75 Å². The summed E-state index contributed by atoms with van der Waals surface area (Å²) in [5.74, 6) is -0.814. The van der Waals surface area contributed by atoms with Gasteiger partial charge in [-0.05, 0) is 43.2 Å². The molecule has 7 nitrogen and oxygen atoms in total. The van der Waals surface area contributed by atoms with E-state index in [1.165, 1.54) is 36.4 Å². The van der Waals surface area contributed by atoms with Crippen molar-refractivity contribution in [1.82, 2.24) is 4.72 Å².